The Morgan fingerprint density at radius 2 is 1.90 bits per heavy atom. The molecule has 0 atom stereocenters. The Kier molecular flexibility index (Phi) is 5.28. The van der Waals surface area contributed by atoms with Gasteiger partial charge in [-0.05, 0) is 36.8 Å². The lowest BCUT2D eigenvalue weighted by Gasteiger charge is -2.14. The van der Waals surface area contributed by atoms with E-state index in [2.05, 4.69) is 30.9 Å². The number of ether oxygens (including phenoxy) is 1. The molecule has 0 spiro atoms. The highest BCUT2D eigenvalue weighted by atomic mass is 32.1. The Balaban J connectivity index is 2.48. The maximum Gasteiger partial charge on any atom is 0.142 e. The molecule has 0 saturated heterocycles. The van der Waals surface area contributed by atoms with E-state index in [1.54, 1.807) is 7.11 Å². The molecule has 0 amide bonds. The predicted molar refractivity (Wildman–Crippen MR) is 92.7 cm³/mol. The smallest absolute Gasteiger partial charge is 0.142 e. The van der Waals surface area contributed by atoms with Crippen LogP contribution >= 0.6 is 12.6 Å². The average molecular weight is 300 g/mol. The summed E-state index contributed by atoms with van der Waals surface area (Å²) in [4.78, 5) is 5.69. The van der Waals surface area contributed by atoms with Crippen molar-refractivity contribution in [3.63, 3.8) is 0 Å². The van der Waals surface area contributed by atoms with E-state index in [4.69, 9.17) is 9.73 Å². The molecule has 0 fully saturated rings. The molecule has 0 radical (unpaired) electrons. The van der Waals surface area contributed by atoms with Crippen LogP contribution in [0.4, 0.5) is 11.4 Å². The molecule has 0 saturated carbocycles. The quantitative estimate of drug-likeness (QED) is 0.627. The van der Waals surface area contributed by atoms with Crippen LogP contribution < -0.4 is 10.1 Å². The second kappa shape index (κ2) is 7.18. The molecular formula is C17H20N2OS. The Labute approximate surface area is 131 Å². The number of methoxy groups -OCH3 is 1. The van der Waals surface area contributed by atoms with Gasteiger partial charge >= 0.3 is 0 Å². The highest BCUT2D eigenvalue weighted by molar-refractivity contribution is 7.80. The predicted octanol–water partition coefficient (Wildman–Crippen LogP) is 4.56. The minimum Gasteiger partial charge on any atom is -0.495 e. The molecule has 21 heavy (non-hydrogen) atoms. The van der Waals surface area contributed by atoms with Crippen molar-refractivity contribution in [2.75, 3.05) is 19.5 Å². The first-order valence-electron chi connectivity index (χ1n) is 6.91. The number of benzene rings is 2. The molecule has 0 aliphatic carbocycles. The van der Waals surface area contributed by atoms with E-state index in [-0.39, 0.29) is 0 Å². The van der Waals surface area contributed by atoms with Gasteiger partial charge in [-0.25, -0.2) is 0 Å². The molecule has 0 bridgehead atoms. The number of nitrogens with zero attached hydrogens (tertiary/aromatic N) is 1. The molecule has 0 aromatic heterocycles. The van der Waals surface area contributed by atoms with Gasteiger partial charge in [-0.15, -0.1) is 12.6 Å². The van der Waals surface area contributed by atoms with Crippen LogP contribution in [0.3, 0.4) is 0 Å². The van der Waals surface area contributed by atoms with Crippen LogP contribution in [0.25, 0.3) is 0 Å². The first-order valence-corrected chi connectivity index (χ1v) is 7.36. The van der Waals surface area contributed by atoms with Crippen molar-refractivity contribution in [1.82, 2.24) is 0 Å². The summed E-state index contributed by atoms with van der Waals surface area (Å²) in [6.45, 7) is 2.10. The van der Waals surface area contributed by atoms with Crippen molar-refractivity contribution < 1.29 is 4.74 Å². The second-order valence-electron chi connectivity index (χ2n) is 4.56. The third-order valence-electron chi connectivity index (χ3n) is 3.26. The first-order chi connectivity index (χ1) is 10.2. The van der Waals surface area contributed by atoms with Crippen LogP contribution in [-0.2, 0) is 0 Å². The monoisotopic (exact) mass is 300 g/mol. The topological polar surface area (TPSA) is 33.6 Å². The van der Waals surface area contributed by atoms with E-state index in [1.165, 1.54) is 0 Å². The number of hydrogen-bond donors (Lipinski definition) is 2. The Bertz CT molecular complexity index is 636. The first kappa shape index (κ1) is 15.4. The molecule has 0 unspecified atom stereocenters. The fourth-order valence-electron chi connectivity index (χ4n) is 2.21. The molecule has 110 valence electrons. The number of hydrogen-bond acceptors (Lipinski definition) is 4. The van der Waals surface area contributed by atoms with Gasteiger partial charge in [-0.3, -0.25) is 4.99 Å². The van der Waals surface area contributed by atoms with Gasteiger partial charge in [0.2, 0.25) is 0 Å². The van der Waals surface area contributed by atoms with Crippen LogP contribution in [0.1, 0.15) is 18.9 Å². The van der Waals surface area contributed by atoms with Crippen molar-refractivity contribution in [2.24, 2.45) is 4.99 Å². The molecule has 4 heteroatoms. The van der Waals surface area contributed by atoms with E-state index < -0.39 is 0 Å². The zero-order chi connectivity index (χ0) is 15.2. The standard InChI is InChI=1S/C17H20N2OS/c1-4-15(19-12-8-10-13(21)11-9-12)14-6-5-7-16(20-3)17(14)18-2/h5-11,18,21H,4H2,1-3H3. The zero-order valence-electron chi connectivity index (χ0n) is 12.6. The molecule has 0 aliphatic heterocycles. The van der Waals surface area contributed by atoms with Crippen molar-refractivity contribution >= 4 is 29.7 Å². The number of para-hydroxylation sites is 1. The zero-order valence-corrected chi connectivity index (χ0v) is 13.4. The Hall–Kier alpha value is -1.94. The highest BCUT2D eigenvalue weighted by Crippen LogP contribution is 2.30. The third kappa shape index (κ3) is 3.58. The molecule has 0 heterocycles. The fraction of sp³-hybridized carbons (Fsp3) is 0.235. The van der Waals surface area contributed by atoms with Gasteiger partial charge in [0, 0.05) is 17.5 Å². The number of nitrogens with one attached hydrogen (secondary N) is 1. The summed E-state index contributed by atoms with van der Waals surface area (Å²) in [5.41, 5.74) is 3.97. The number of thiol groups is 1. The minimum atomic E-state index is 0.821. The lowest BCUT2D eigenvalue weighted by atomic mass is 10.0. The van der Waals surface area contributed by atoms with Crippen LogP contribution in [0.2, 0.25) is 0 Å². The molecule has 2 aromatic carbocycles. The number of anilines is 1. The number of rotatable bonds is 5. The SMILES string of the molecule is CCC(=Nc1ccc(S)cc1)c1cccc(OC)c1NC. The molecule has 2 rings (SSSR count). The van der Waals surface area contributed by atoms with Crippen molar-refractivity contribution in [1.29, 1.82) is 0 Å². The van der Waals surface area contributed by atoms with E-state index in [9.17, 15) is 0 Å². The van der Waals surface area contributed by atoms with Crippen LogP contribution in [-0.4, -0.2) is 19.9 Å². The summed E-state index contributed by atoms with van der Waals surface area (Å²) in [7, 11) is 3.57. The average Bonchev–Trinajstić information content (AvgIpc) is 2.53. The summed E-state index contributed by atoms with van der Waals surface area (Å²) < 4.78 is 5.41. The summed E-state index contributed by atoms with van der Waals surface area (Å²) in [6.07, 6.45) is 0.838. The maximum atomic E-state index is 5.41. The summed E-state index contributed by atoms with van der Waals surface area (Å²) in [5.74, 6) is 0.821. The fourth-order valence-corrected chi connectivity index (χ4v) is 2.36. The summed E-state index contributed by atoms with van der Waals surface area (Å²) >= 11 is 4.30. The van der Waals surface area contributed by atoms with E-state index >= 15 is 0 Å². The number of aliphatic imine (C=N–C) groups is 1. The normalized spacial score (nSPS) is 11.3. The maximum absolute atomic E-state index is 5.41. The van der Waals surface area contributed by atoms with Gasteiger partial charge in [-0.2, -0.15) is 0 Å². The second-order valence-corrected chi connectivity index (χ2v) is 5.08. The molecule has 0 aliphatic rings. The molecule has 1 N–H and O–H groups in total. The van der Waals surface area contributed by atoms with Crippen molar-refractivity contribution in [3.05, 3.63) is 48.0 Å². The van der Waals surface area contributed by atoms with Gasteiger partial charge in [0.15, 0.2) is 0 Å². The third-order valence-corrected chi connectivity index (χ3v) is 3.55. The highest BCUT2D eigenvalue weighted by Gasteiger charge is 2.11. The minimum absolute atomic E-state index is 0.821. The van der Waals surface area contributed by atoms with Crippen LogP contribution in [0.5, 0.6) is 5.75 Å². The van der Waals surface area contributed by atoms with E-state index in [1.807, 2.05) is 43.4 Å². The van der Waals surface area contributed by atoms with Gasteiger partial charge < -0.3 is 10.1 Å². The Morgan fingerprint density at radius 3 is 2.48 bits per heavy atom. The lowest BCUT2D eigenvalue weighted by molar-refractivity contribution is 0.416. The van der Waals surface area contributed by atoms with Gasteiger partial charge in [0.25, 0.3) is 0 Å². The molecule has 2 aromatic rings. The van der Waals surface area contributed by atoms with E-state index in [0.717, 1.165) is 39.7 Å². The molecular weight excluding hydrogens is 280 g/mol. The van der Waals surface area contributed by atoms with Gasteiger partial charge in [0.1, 0.15) is 5.75 Å². The van der Waals surface area contributed by atoms with Crippen molar-refractivity contribution in [3.8, 4) is 5.75 Å². The summed E-state index contributed by atoms with van der Waals surface area (Å²) in [5, 5.41) is 3.21. The largest absolute Gasteiger partial charge is 0.495 e. The summed E-state index contributed by atoms with van der Waals surface area (Å²) in [6, 6.07) is 13.8. The Morgan fingerprint density at radius 1 is 1.19 bits per heavy atom. The van der Waals surface area contributed by atoms with Crippen molar-refractivity contribution in [2.45, 2.75) is 18.2 Å². The van der Waals surface area contributed by atoms with E-state index in [0.29, 0.717) is 0 Å². The van der Waals surface area contributed by atoms with Gasteiger partial charge in [-0.1, -0.05) is 19.1 Å². The lowest BCUT2D eigenvalue weighted by Crippen LogP contribution is -2.05. The molecule has 3 nitrogen and oxygen atoms in total. The van der Waals surface area contributed by atoms with Crippen LogP contribution in [0.15, 0.2) is 52.4 Å². The van der Waals surface area contributed by atoms with Crippen LogP contribution in [0, 0.1) is 0 Å². The van der Waals surface area contributed by atoms with Gasteiger partial charge in [0.05, 0.1) is 24.2 Å².